The molecule has 0 saturated carbocycles. The molecule has 138 valence electrons. The molecule has 5 nitrogen and oxygen atoms in total. The van der Waals surface area contributed by atoms with Crippen molar-refractivity contribution in [2.24, 2.45) is 0 Å². The highest BCUT2D eigenvalue weighted by Crippen LogP contribution is 2.20. The first-order valence-corrected chi connectivity index (χ1v) is 9.31. The van der Waals surface area contributed by atoms with Crippen molar-refractivity contribution >= 4 is 28.4 Å². The molecule has 0 aliphatic carbocycles. The third kappa shape index (κ3) is 3.72. The summed E-state index contributed by atoms with van der Waals surface area (Å²) >= 11 is 0. The van der Waals surface area contributed by atoms with E-state index in [1.165, 1.54) is 0 Å². The number of likely N-dealkylation sites (tertiary alicyclic amines) is 1. The molecule has 0 radical (unpaired) electrons. The average molecular weight is 361 g/mol. The van der Waals surface area contributed by atoms with Crippen LogP contribution in [0.5, 0.6) is 0 Å². The number of nitrogens with one attached hydrogen (secondary N) is 1. The second-order valence-electron chi connectivity index (χ2n) is 7.10. The topological polar surface area (TPSA) is 54.3 Å². The van der Waals surface area contributed by atoms with Gasteiger partial charge in [0, 0.05) is 36.4 Å². The molecule has 1 aromatic heterocycles. The van der Waals surface area contributed by atoms with Crippen molar-refractivity contribution in [3.63, 3.8) is 0 Å². The quantitative estimate of drug-likeness (QED) is 0.753. The molecule has 0 spiro atoms. The molecule has 27 heavy (non-hydrogen) atoms. The minimum absolute atomic E-state index is 0.0612. The SMILES string of the molecule is Cc1cc2ccccc2n1CC(=O)Nc1cccc(CN2CCCC2=O)c1. The Labute approximate surface area is 158 Å². The summed E-state index contributed by atoms with van der Waals surface area (Å²) in [7, 11) is 0. The molecule has 3 aromatic rings. The van der Waals surface area contributed by atoms with Crippen LogP contribution in [-0.4, -0.2) is 27.8 Å². The highest BCUT2D eigenvalue weighted by molar-refractivity contribution is 5.92. The minimum Gasteiger partial charge on any atom is -0.338 e. The van der Waals surface area contributed by atoms with Gasteiger partial charge in [0.05, 0.1) is 0 Å². The first kappa shape index (κ1) is 17.3. The van der Waals surface area contributed by atoms with Crippen molar-refractivity contribution in [3.05, 3.63) is 65.9 Å². The summed E-state index contributed by atoms with van der Waals surface area (Å²) in [5, 5.41) is 4.12. The van der Waals surface area contributed by atoms with Crippen LogP contribution in [0.1, 0.15) is 24.1 Å². The van der Waals surface area contributed by atoms with Crippen LogP contribution in [0.15, 0.2) is 54.6 Å². The molecular formula is C22H23N3O2. The van der Waals surface area contributed by atoms with Crippen molar-refractivity contribution in [2.75, 3.05) is 11.9 Å². The Hall–Kier alpha value is -3.08. The van der Waals surface area contributed by atoms with E-state index in [9.17, 15) is 9.59 Å². The van der Waals surface area contributed by atoms with Crippen molar-refractivity contribution in [1.82, 2.24) is 9.47 Å². The largest absolute Gasteiger partial charge is 0.338 e. The fourth-order valence-corrected chi connectivity index (χ4v) is 3.74. The number of hydrogen-bond acceptors (Lipinski definition) is 2. The van der Waals surface area contributed by atoms with Crippen LogP contribution in [0, 0.1) is 6.92 Å². The van der Waals surface area contributed by atoms with Crippen molar-refractivity contribution in [3.8, 4) is 0 Å². The number of benzene rings is 2. The van der Waals surface area contributed by atoms with Crippen molar-refractivity contribution in [1.29, 1.82) is 0 Å². The van der Waals surface area contributed by atoms with Crippen molar-refractivity contribution in [2.45, 2.75) is 32.9 Å². The zero-order valence-corrected chi connectivity index (χ0v) is 15.4. The van der Waals surface area contributed by atoms with Crippen LogP contribution in [0.4, 0.5) is 5.69 Å². The monoisotopic (exact) mass is 361 g/mol. The summed E-state index contributed by atoms with van der Waals surface area (Å²) < 4.78 is 2.03. The molecule has 1 aliphatic rings. The smallest absolute Gasteiger partial charge is 0.244 e. The first-order chi connectivity index (χ1) is 13.1. The molecule has 1 N–H and O–H groups in total. The van der Waals surface area contributed by atoms with Gasteiger partial charge in [-0.1, -0.05) is 30.3 Å². The van der Waals surface area contributed by atoms with E-state index in [0.29, 0.717) is 13.0 Å². The highest BCUT2D eigenvalue weighted by atomic mass is 16.2. The maximum Gasteiger partial charge on any atom is 0.244 e. The molecular weight excluding hydrogens is 338 g/mol. The van der Waals surface area contributed by atoms with Gasteiger partial charge < -0.3 is 14.8 Å². The Morgan fingerprint density at radius 3 is 2.78 bits per heavy atom. The minimum atomic E-state index is -0.0612. The van der Waals surface area contributed by atoms with E-state index in [1.54, 1.807) is 0 Å². The number of carbonyl (C=O) groups is 2. The Morgan fingerprint density at radius 2 is 1.96 bits per heavy atom. The Kier molecular flexibility index (Phi) is 4.67. The summed E-state index contributed by atoms with van der Waals surface area (Å²) in [6.45, 7) is 3.70. The van der Waals surface area contributed by atoms with E-state index >= 15 is 0 Å². The van der Waals surface area contributed by atoms with Crippen LogP contribution < -0.4 is 5.32 Å². The number of rotatable bonds is 5. The van der Waals surface area contributed by atoms with Gasteiger partial charge in [-0.25, -0.2) is 0 Å². The normalized spacial score (nSPS) is 14.1. The second-order valence-corrected chi connectivity index (χ2v) is 7.10. The van der Waals surface area contributed by atoms with E-state index < -0.39 is 0 Å². The summed E-state index contributed by atoms with van der Waals surface area (Å²) in [5.41, 5.74) is 3.92. The molecule has 1 fully saturated rings. The average Bonchev–Trinajstić information content (AvgIpc) is 3.19. The highest BCUT2D eigenvalue weighted by Gasteiger charge is 2.20. The number of para-hydroxylation sites is 1. The lowest BCUT2D eigenvalue weighted by atomic mass is 10.2. The van der Waals surface area contributed by atoms with E-state index in [2.05, 4.69) is 17.4 Å². The van der Waals surface area contributed by atoms with Gasteiger partial charge in [-0.2, -0.15) is 0 Å². The number of aryl methyl sites for hydroxylation is 1. The molecule has 1 saturated heterocycles. The zero-order valence-electron chi connectivity index (χ0n) is 15.4. The maximum atomic E-state index is 12.6. The van der Waals surface area contributed by atoms with Gasteiger partial charge in [0.1, 0.15) is 6.54 Å². The van der Waals surface area contributed by atoms with Gasteiger partial charge in [-0.15, -0.1) is 0 Å². The van der Waals surface area contributed by atoms with E-state index in [0.717, 1.165) is 40.8 Å². The number of nitrogens with zero attached hydrogens (tertiary/aromatic N) is 2. The third-order valence-corrected chi connectivity index (χ3v) is 5.07. The van der Waals surface area contributed by atoms with Gasteiger partial charge >= 0.3 is 0 Å². The van der Waals surface area contributed by atoms with E-state index in [-0.39, 0.29) is 18.4 Å². The second kappa shape index (κ2) is 7.27. The van der Waals surface area contributed by atoms with Crippen molar-refractivity contribution < 1.29 is 9.59 Å². The molecule has 2 aromatic carbocycles. The van der Waals surface area contributed by atoms with E-state index in [4.69, 9.17) is 0 Å². The summed E-state index contributed by atoms with van der Waals surface area (Å²) in [5.74, 6) is 0.147. The molecule has 4 rings (SSSR count). The molecule has 2 amide bonds. The number of aromatic nitrogens is 1. The fraction of sp³-hybridized carbons (Fsp3) is 0.273. The Balaban J connectivity index is 1.45. The summed E-state index contributed by atoms with van der Waals surface area (Å²) in [6.07, 6.45) is 1.57. The predicted molar refractivity (Wildman–Crippen MR) is 106 cm³/mol. The Bertz CT molecular complexity index is 1010. The lowest BCUT2D eigenvalue weighted by Gasteiger charge is -2.16. The third-order valence-electron chi connectivity index (χ3n) is 5.07. The van der Waals surface area contributed by atoms with Crippen LogP contribution in [0.2, 0.25) is 0 Å². The lowest BCUT2D eigenvalue weighted by Crippen LogP contribution is -2.24. The fourth-order valence-electron chi connectivity index (χ4n) is 3.74. The number of hydrogen-bond donors (Lipinski definition) is 1. The zero-order chi connectivity index (χ0) is 18.8. The standard InChI is InChI=1S/C22H23N3O2/c1-16-12-18-7-2-3-9-20(18)25(16)15-21(26)23-19-8-4-6-17(13-19)14-24-11-5-10-22(24)27/h2-4,6-9,12-13H,5,10-11,14-15H2,1H3,(H,23,26). The Morgan fingerprint density at radius 1 is 1.11 bits per heavy atom. The van der Waals surface area contributed by atoms with Gasteiger partial charge in [-0.05, 0) is 48.6 Å². The molecule has 0 unspecified atom stereocenters. The molecule has 0 atom stereocenters. The predicted octanol–water partition coefficient (Wildman–Crippen LogP) is 3.71. The number of fused-ring (bicyclic) bond motifs is 1. The molecule has 5 heteroatoms. The molecule has 0 bridgehead atoms. The number of carbonyl (C=O) groups excluding carboxylic acids is 2. The molecule has 2 heterocycles. The number of anilines is 1. The lowest BCUT2D eigenvalue weighted by molar-refractivity contribution is -0.128. The maximum absolute atomic E-state index is 12.6. The van der Waals surface area contributed by atoms with Crippen LogP contribution >= 0.6 is 0 Å². The summed E-state index contributed by atoms with van der Waals surface area (Å²) in [4.78, 5) is 26.3. The van der Waals surface area contributed by atoms with Crippen LogP contribution in [0.25, 0.3) is 10.9 Å². The first-order valence-electron chi connectivity index (χ1n) is 9.31. The van der Waals surface area contributed by atoms with Crippen LogP contribution in [0.3, 0.4) is 0 Å². The van der Waals surface area contributed by atoms with Gasteiger partial charge in [-0.3, -0.25) is 9.59 Å². The molecule has 1 aliphatic heterocycles. The van der Waals surface area contributed by atoms with Gasteiger partial charge in [0.25, 0.3) is 0 Å². The van der Waals surface area contributed by atoms with Gasteiger partial charge in [0.2, 0.25) is 11.8 Å². The number of amides is 2. The summed E-state index contributed by atoms with van der Waals surface area (Å²) in [6, 6.07) is 17.9. The van der Waals surface area contributed by atoms with E-state index in [1.807, 2.05) is 58.9 Å². The van der Waals surface area contributed by atoms with Crippen LogP contribution in [-0.2, 0) is 22.7 Å². The van der Waals surface area contributed by atoms with Gasteiger partial charge in [0.15, 0.2) is 0 Å².